The summed E-state index contributed by atoms with van der Waals surface area (Å²) in [5, 5.41) is 6.90. The first-order valence-electron chi connectivity index (χ1n) is 9.06. The van der Waals surface area contributed by atoms with E-state index in [-0.39, 0.29) is 12.3 Å². The Hall–Kier alpha value is -1.64. The molecule has 1 heterocycles. The van der Waals surface area contributed by atoms with E-state index in [1.165, 1.54) is 12.1 Å². The van der Waals surface area contributed by atoms with E-state index in [1.54, 1.807) is 6.07 Å². The summed E-state index contributed by atoms with van der Waals surface area (Å²) in [5.74, 6) is 0.691. The largest absolute Gasteiger partial charge is 0.434 e. The number of benzene rings is 1. The van der Waals surface area contributed by atoms with Crippen LogP contribution in [-0.2, 0) is 11.3 Å². The van der Waals surface area contributed by atoms with Gasteiger partial charge in [0.15, 0.2) is 5.96 Å². The lowest BCUT2D eigenvalue weighted by Crippen LogP contribution is -2.49. The molecule has 9 heteroatoms. The number of nitrogens with zero attached hydrogens (tertiary/aromatic N) is 2. The molecule has 1 aromatic carbocycles. The Balaban J connectivity index is 1.99. The lowest BCUT2D eigenvalue weighted by molar-refractivity contribution is -0.0504. The summed E-state index contributed by atoms with van der Waals surface area (Å²) >= 11 is 5.98. The molecule has 1 aromatic rings. The minimum Gasteiger partial charge on any atom is -0.434 e. The highest BCUT2D eigenvalue weighted by Crippen LogP contribution is 2.25. The summed E-state index contributed by atoms with van der Waals surface area (Å²) in [7, 11) is 0. The molecule has 27 heavy (non-hydrogen) atoms. The highest BCUT2D eigenvalue weighted by atomic mass is 35.5. The van der Waals surface area contributed by atoms with E-state index >= 15 is 0 Å². The summed E-state index contributed by atoms with van der Waals surface area (Å²) in [4.78, 5) is 6.83. The van der Waals surface area contributed by atoms with Gasteiger partial charge < -0.3 is 20.1 Å². The van der Waals surface area contributed by atoms with E-state index < -0.39 is 6.61 Å². The summed E-state index contributed by atoms with van der Waals surface area (Å²) in [6.07, 6.45) is 0. The molecule has 6 nitrogen and oxygen atoms in total. The standard InChI is InChI=1S/C18H27ClF2N4O2/c1-3-22-18(23-11-13(2)25-6-8-26-9-7-25)24-12-14-10-15(19)4-5-16(14)27-17(20)21/h4-5,10,13,17H,3,6-9,11-12H2,1-2H3,(H2,22,23,24). The van der Waals surface area contributed by atoms with Crippen LogP contribution in [0.5, 0.6) is 5.75 Å². The third-order valence-electron chi connectivity index (χ3n) is 4.22. The normalized spacial score (nSPS) is 17.0. The Bertz CT molecular complexity index is 613. The van der Waals surface area contributed by atoms with Crippen molar-refractivity contribution in [3.05, 3.63) is 28.8 Å². The van der Waals surface area contributed by atoms with Crippen molar-refractivity contribution >= 4 is 17.6 Å². The van der Waals surface area contributed by atoms with Crippen LogP contribution in [0.15, 0.2) is 23.2 Å². The SMILES string of the molecule is CCNC(=NCc1cc(Cl)ccc1OC(F)F)NCC(C)N1CCOCC1. The first-order valence-corrected chi connectivity index (χ1v) is 9.44. The minimum atomic E-state index is -2.89. The van der Waals surface area contributed by atoms with E-state index in [4.69, 9.17) is 16.3 Å². The zero-order chi connectivity index (χ0) is 19.6. The first-order chi connectivity index (χ1) is 13.0. The van der Waals surface area contributed by atoms with Gasteiger partial charge in [0, 0.05) is 42.8 Å². The molecule has 0 aliphatic carbocycles. The van der Waals surface area contributed by atoms with Crippen molar-refractivity contribution in [2.24, 2.45) is 4.99 Å². The first kappa shape index (κ1) is 21.7. The highest BCUT2D eigenvalue weighted by molar-refractivity contribution is 6.30. The molecule has 2 rings (SSSR count). The number of hydrogen-bond donors (Lipinski definition) is 2. The Labute approximate surface area is 163 Å². The summed E-state index contributed by atoms with van der Waals surface area (Å²) < 4.78 is 35.1. The van der Waals surface area contributed by atoms with E-state index in [2.05, 4.69) is 32.2 Å². The van der Waals surface area contributed by atoms with E-state index in [9.17, 15) is 8.78 Å². The Morgan fingerprint density at radius 3 is 2.74 bits per heavy atom. The lowest BCUT2D eigenvalue weighted by atomic mass is 10.2. The molecule has 1 aliphatic heterocycles. The molecule has 0 radical (unpaired) electrons. The quantitative estimate of drug-likeness (QED) is 0.515. The molecule has 1 atom stereocenters. The average Bonchev–Trinajstić information content (AvgIpc) is 2.66. The van der Waals surface area contributed by atoms with Crippen LogP contribution in [0.25, 0.3) is 0 Å². The van der Waals surface area contributed by atoms with Crippen LogP contribution in [-0.4, -0.2) is 62.9 Å². The Morgan fingerprint density at radius 2 is 2.07 bits per heavy atom. The third kappa shape index (κ3) is 7.48. The number of morpholine rings is 1. The zero-order valence-corrected chi connectivity index (χ0v) is 16.4. The minimum absolute atomic E-state index is 0.0793. The maximum absolute atomic E-state index is 12.6. The fourth-order valence-electron chi connectivity index (χ4n) is 2.78. The molecule has 152 valence electrons. The van der Waals surface area contributed by atoms with Crippen molar-refractivity contribution in [1.82, 2.24) is 15.5 Å². The smallest absolute Gasteiger partial charge is 0.387 e. The number of guanidine groups is 1. The monoisotopic (exact) mass is 404 g/mol. The second kappa shape index (κ2) is 11.3. The summed E-state index contributed by atoms with van der Waals surface area (Å²) in [6.45, 7) is 6.11. The van der Waals surface area contributed by atoms with Crippen LogP contribution in [0.1, 0.15) is 19.4 Å². The van der Waals surface area contributed by atoms with Crippen LogP contribution in [0.4, 0.5) is 8.78 Å². The number of nitrogens with one attached hydrogen (secondary N) is 2. The van der Waals surface area contributed by atoms with Crippen molar-refractivity contribution in [2.75, 3.05) is 39.4 Å². The number of aliphatic imine (C=N–C) groups is 1. The van der Waals surface area contributed by atoms with Crippen LogP contribution >= 0.6 is 11.6 Å². The number of halogens is 3. The molecule has 1 aliphatic rings. The van der Waals surface area contributed by atoms with Crippen LogP contribution < -0.4 is 15.4 Å². The molecule has 0 spiro atoms. The second-order valence-corrected chi connectivity index (χ2v) is 6.64. The lowest BCUT2D eigenvalue weighted by Gasteiger charge is -2.32. The Kier molecular flexibility index (Phi) is 9.03. The number of rotatable bonds is 8. The van der Waals surface area contributed by atoms with Gasteiger partial charge in [0.25, 0.3) is 0 Å². The van der Waals surface area contributed by atoms with Gasteiger partial charge in [-0.1, -0.05) is 11.6 Å². The molecule has 0 saturated carbocycles. The fraction of sp³-hybridized carbons (Fsp3) is 0.611. The molecule has 0 amide bonds. The number of hydrogen-bond acceptors (Lipinski definition) is 4. The van der Waals surface area contributed by atoms with Crippen LogP contribution in [0, 0.1) is 0 Å². The number of ether oxygens (including phenoxy) is 2. The Morgan fingerprint density at radius 1 is 1.33 bits per heavy atom. The predicted octanol–water partition coefficient (Wildman–Crippen LogP) is 2.72. The van der Waals surface area contributed by atoms with Crippen molar-refractivity contribution in [3.63, 3.8) is 0 Å². The van der Waals surface area contributed by atoms with E-state index in [1.807, 2.05) is 6.92 Å². The van der Waals surface area contributed by atoms with Crippen molar-refractivity contribution in [3.8, 4) is 5.75 Å². The van der Waals surface area contributed by atoms with Crippen LogP contribution in [0.2, 0.25) is 5.02 Å². The van der Waals surface area contributed by atoms with Gasteiger partial charge >= 0.3 is 6.61 Å². The van der Waals surface area contributed by atoms with Gasteiger partial charge in [-0.05, 0) is 32.0 Å². The number of alkyl halides is 2. The van der Waals surface area contributed by atoms with Gasteiger partial charge in [0.2, 0.25) is 0 Å². The van der Waals surface area contributed by atoms with Gasteiger partial charge in [-0.25, -0.2) is 4.99 Å². The second-order valence-electron chi connectivity index (χ2n) is 6.20. The van der Waals surface area contributed by atoms with Crippen LogP contribution in [0.3, 0.4) is 0 Å². The van der Waals surface area contributed by atoms with Gasteiger partial charge in [0.1, 0.15) is 5.75 Å². The van der Waals surface area contributed by atoms with Crippen molar-refractivity contribution in [1.29, 1.82) is 0 Å². The van der Waals surface area contributed by atoms with Crippen molar-refractivity contribution < 1.29 is 18.3 Å². The van der Waals surface area contributed by atoms with Gasteiger partial charge in [0.05, 0.1) is 19.8 Å². The molecule has 1 unspecified atom stereocenters. The van der Waals surface area contributed by atoms with Gasteiger partial charge in [-0.3, -0.25) is 4.90 Å². The molecular formula is C18H27ClF2N4O2. The van der Waals surface area contributed by atoms with Gasteiger partial charge in [-0.2, -0.15) is 8.78 Å². The molecule has 1 fully saturated rings. The molecule has 1 saturated heterocycles. The molecular weight excluding hydrogens is 378 g/mol. The predicted molar refractivity (Wildman–Crippen MR) is 103 cm³/mol. The topological polar surface area (TPSA) is 58.1 Å². The van der Waals surface area contributed by atoms with E-state index in [0.717, 1.165) is 26.3 Å². The zero-order valence-electron chi connectivity index (χ0n) is 15.7. The molecule has 2 N–H and O–H groups in total. The molecule has 0 aromatic heterocycles. The average molecular weight is 405 g/mol. The fourth-order valence-corrected chi connectivity index (χ4v) is 2.97. The maximum atomic E-state index is 12.6. The highest BCUT2D eigenvalue weighted by Gasteiger charge is 2.17. The maximum Gasteiger partial charge on any atom is 0.387 e. The summed E-state index contributed by atoms with van der Waals surface area (Å²) in [6, 6.07) is 4.85. The van der Waals surface area contributed by atoms with Gasteiger partial charge in [-0.15, -0.1) is 0 Å². The van der Waals surface area contributed by atoms with Crippen molar-refractivity contribution in [2.45, 2.75) is 33.0 Å². The molecule has 0 bridgehead atoms. The summed E-state index contributed by atoms with van der Waals surface area (Å²) in [5.41, 5.74) is 0.501. The third-order valence-corrected chi connectivity index (χ3v) is 4.46. The van der Waals surface area contributed by atoms with E-state index in [0.29, 0.717) is 35.7 Å².